The van der Waals surface area contributed by atoms with Gasteiger partial charge in [0.2, 0.25) is 5.91 Å². The number of carbonyl (C=O) groups is 1. The van der Waals surface area contributed by atoms with Crippen LogP contribution in [0.2, 0.25) is 0 Å². The van der Waals surface area contributed by atoms with Crippen molar-refractivity contribution >= 4 is 22.4 Å². The van der Waals surface area contributed by atoms with Crippen LogP contribution in [0.25, 0.3) is 0 Å². The average molecular weight is 266 g/mol. The maximum Gasteiger partial charge on any atom is 0.232 e. The number of hydrogen-bond donors (Lipinski definition) is 2. The van der Waals surface area contributed by atoms with E-state index in [1.807, 2.05) is 25.1 Å². The molecule has 0 saturated heterocycles. The van der Waals surface area contributed by atoms with Gasteiger partial charge in [-0.25, -0.2) is 0 Å². The van der Waals surface area contributed by atoms with Crippen molar-refractivity contribution in [2.45, 2.75) is 31.6 Å². The number of anilines is 1. The molecular formula is C13H18N2O2S. The molecule has 1 fully saturated rings. The summed E-state index contributed by atoms with van der Waals surface area (Å²) in [5.74, 6) is 0.345. The number of nitrogens with one attached hydrogen (secondary N) is 1. The van der Waals surface area contributed by atoms with Crippen molar-refractivity contribution in [1.29, 1.82) is 0 Å². The lowest BCUT2D eigenvalue weighted by atomic mass is 10.1. The second-order valence-electron chi connectivity index (χ2n) is 4.70. The van der Waals surface area contributed by atoms with Crippen LogP contribution in [0.5, 0.6) is 0 Å². The highest BCUT2D eigenvalue weighted by Crippen LogP contribution is 2.19. The van der Waals surface area contributed by atoms with Gasteiger partial charge in [-0.15, -0.1) is 0 Å². The van der Waals surface area contributed by atoms with E-state index in [4.69, 9.17) is 5.73 Å². The third-order valence-electron chi connectivity index (χ3n) is 3.04. The van der Waals surface area contributed by atoms with Crippen molar-refractivity contribution < 1.29 is 9.00 Å². The third-order valence-corrected chi connectivity index (χ3v) is 4.26. The fourth-order valence-electron chi connectivity index (χ4n) is 1.73. The summed E-state index contributed by atoms with van der Waals surface area (Å²) < 4.78 is 11.9. The van der Waals surface area contributed by atoms with Gasteiger partial charge in [-0.3, -0.25) is 9.00 Å². The van der Waals surface area contributed by atoms with E-state index in [1.165, 1.54) is 0 Å². The van der Waals surface area contributed by atoms with Crippen LogP contribution in [-0.4, -0.2) is 21.9 Å². The van der Waals surface area contributed by atoms with Crippen LogP contribution >= 0.6 is 0 Å². The lowest BCUT2D eigenvalue weighted by molar-refractivity contribution is -0.118. The van der Waals surface area contributed by atoms with E-state index in [0.717, 1.165) is 24.0 Å². The highest BCUT2D eigenvalue weighted by molar-refractivity contribution is 7.84. The van der Waals surface area contributed by atoms with Crippen LogP contribution < -0.4 is 11.1 Å². The molecule has 1 aliphatic rings. The lowest BCUT2D eigenvalue weighted by Crippen LogP contribution is -2.30. The molecule has 5 heteroatoms. The first-order valence-corrected chi connectivity index (χ1v) is 7.53. The van der Waals surface area contributed by atoms with E-state index < -0.39 is 10.8 Å². The van der Waals surface area contributed by atoms with Gasteiger partial charge in [-0.1, -0.05) is 12.1 Å². The fourth-order valence-corrected chi connectivity index (χ4v) is 2.86. The van der Waals surface area contributed by atoms with Gasteiger partial charge >= 0.3 is 0 Å². The first-order valence-electron chi connectivity index (χ1n) is 6.04. The molecule has 98 valence electrons. The topological polar surface area (TPSA) is 72.2 Å². The van der Waals surface area contributed by atoms with Crippen molar-refractivity contribution in [1.82, 2.24) is 5.32 Å². The average Bonchev–Trinajstić information content (AvgIpc) is 3.08. The zero-order valence-electron chi connectivity index (χ0n) is 10.4. The Morgan fingerprint density at radius 3 is 2.89 bits per heavy atom. The molecule has 1 aromatic rings. The summed E-state index contributed by atoms with van der Waals surface area (Å²) in [5.41, 5.74) is 8.40. The molecule has 0 bridgehead atoms. The molecule has 0 radical (unpaired) electrons. The Bertz CT molecular complexity index is 484. The van der Waals surface area contributed by atoms with Crippen LogP contribution in [0.15, 0.2) is 18.2 Å². The number of nitrogens with two attached hydrogens (primary N) is 1. The molecule has 0 heterocycles. The van der Waals surface area contributed by atoms with Gasteiger partial charge in [0, 0.05) is 28.3 Å². The zero-order chi connectivity index (χ0) is 13.1. The molecular weight excluding hydrogens is 248 g/mol. The normalized spacial score (nSPS) is 16.3. The van der Waals surface area contributed by atoms with Gasteiger partial charge < -0.3 is 11.1 Å². The van der Waals surface area contributed by atoms with Crippen LogP contribution in [0, 0.1) is 6.92 Å². The minimum absolute atomic E-state index is 0.0741. The fraction of sp³-hybridized carbons (Fsp3) is 0.462. The maximum atomic E-state index is 11.9. The Balaban J connectivity index is 1.89. The second kappa shape index (κ2) is 5.52. The Morgan fingerprint density at radius 1 is 1.50 bits per heavy atom. The Hall–Kier alpha value is -1.36. The zero-order valence-corrected chi connectivity index (χ0v) is 11.3. The predicted molar refractivity (Wildman–Crippen MR) is 73.5 cm³/mol. The Morgan fingerprint density at radius 2 is 2.22 bits per heavy atom. The molecule has 1 saturated carbocycles. The Labute approximate surface area is 109 Å². The largest absolute Gasteiger partial charge is 0.399 e. The molecule has 4 nitrogen and oxygen atoms in total. The van der Waals surface area contributed by atoms with Crippen molar-refractivity contribution in [3.8, 4) is 0 Å². The van der Waals surface area contributed by atoms with Crippen molar-refractivity contribution in [2.24, 2.45) is 0 Å². The minimum atomic E-state index is -1.18. The molecule has 2 rings (SSSR count). The molecule has 0 aromatic heterocycles. The van der Waals surface area contributed by atoms with Gasteiger partial charge in [0.15, 0.2) is 0 Å². The molecule has 1 aromatic carbocycles. The molecule has 0 aliphatic heterocycles. The first-order chi connectivity index (χ1) is 8.56. The highest BCUT2D eigenvalue weighted by atomic mass is 32.2. The molecule has 1 unspecified atom stereocenters. The van der Waals surface area contributed by atoms with E-state index in [1.54, 1.807) is 0 Å². The molecule has 1 amide bonds. The minimum Gasteiger partial charge on any atom is -0.399 e. The molecule has 18 heavy (non-hydrogen) atoms. The summed E-state index contributed by atoms with van der Waals surface area (Å²) in [6.07, 6.45) is 2.10. The van der Waals surface area contributed by atoms with Crippen LogP contribution in [0.4, 0.5) is 5.69 Å². The van der Waals surface area contributed by atoms with Gasteiger partial charge in [-0.05, 0) is 37.0 Å². The number of nitrogen functional groups attached to an aromatic ring is 1. The van der Waals surface area contributed by atoms with Gasteiger partial charge in [0.05, 0.1) is 0 Å². The molecule has 1 aliphatic carbocycles. The van der Waals surface area contributed by atoms with Crippen LogP contribution in [0.3, 0.4) is 0 Å². The predicted octanol–water partition coefficient (Wildman–Crippen LogP) is 1.10. The number of hydrogen-bond acceptors (Lipinski definition) is 3. The number of carbonyl (C=O) groups excluding carboxylic acids is 1. The van der Waals surface area contributed by atoms with Crippen molar-refractivity contribution in [3.05, 3.63) is 29.3 Å². The van der Waals surface area contributed by atoms with Crippen LogP contribution in [0.1, 0.15) is 24.0 Å². The third kappa shape index (κ3) is 3.57. The SMILES string of the molecule is Cc1c(N)cccc1CS(=O)CC(=O)NC1CC1. The van der Waals surface area contributed by atoms with E-state index >= 15 is 0 Å². The summed E-state index contributed by atoms with van der Waals surface area (Å²) in [6.45, 7) is 1.91. The Kier molecular flexibility index (Phi) is 4.01. The smallest absolute Gasteiger partial charge is 0.232 e. The number of rotatable bonds is 5. The second-order valence-corrected chi connectivity index (χ2v) is 6.16. The van der Waals surface area contributed by atoms with Gasteiger partial charge in [0.25, 0.3) is 0 Å². The quantitative estimate of drug-likeness (QED) is 0.784. The number of benzene rings is 1. The molecule has 3 N–H and O–H groups in total. The maximum absolute atomic E-state index is 11.9. The number of amides is 1. The first kappa shape index (κ1) is 13.1. The molecule has 1 atom stereocenters. The van der Waals surface area contributed by atoms with Crippen molar-refractivity contribution in [2.75, 3.05) is 11.5 Å². The highest BCUT2D eigenvalue weighted by Gasteiger charge is 2.23. The summed E-state index contributed by atoms with van der Waals surface area (Å²) in [7, 11) is -1.18. The summed E-state index contributed by atoms with van der Waals surface area (Å²) in [4.78, 5) is 11.5. The summed E-state index contributed by atoms with van der Waals surface area (Å²) in [6, 6.07) is 5.90. The van der Waals surface area contributed by atoms with Gasteiger partial charge in [-0.2, -0.15) is 0 Å². The van der Waals surface area contributed by atoms with E-state index in [0.29, 0.717) is 17.5 Å². The summed E-state index contributed by atoms with van der Waals surface area (Å²) >= 11 is 0. The van der Waals surface area contributed by atoms with Crippen molar-refractivity contribution in [3.63, 3.8) is 0 Å². The lowest BCUT2D eigenvalue weighted by Gasteiger charge is -2.08. The molecule has 0 spiro atoms. The van der Waals surface area contributed by atoms with E-state index in [-0.39, 0.29) is 11.7 Å². The standard InChI is InChI=1S/C13H18N2O2S/c1-9-10(3-2-4-12(9)14)7-18(17)8-13(16)15-11-5-6-11/h2-4,11H,5-8,14H2,1H3,(H,15,16). The van der Waals surface area contributed by atoms with E-state index in [2.05, 4.69) is 5.32 Å². The van der Waals surface area contributed by atoms with Crippen LogP contribution in [-0.2, 0) is 21.3 Å². The van der Waals surface area contributed by atoms with E-state index in [9.17, 15) is 9.00 Å². The van der Waals surface area contributed by atoms with Gasteiger partial charge in [0.1, 0.15) is 5.75 Å². The monoisotopic (exact) mass is 266 g/mol. The summed E-state index contributed by atoms with van der Waals surface area (Å²) in [5, 5.41) is 2.84.